The first-order valence-corrected chi connectivity index (χ1v) is 7.35. The fraction of sp³-hybridized carbons (Fsp3) is 0.118. The van der Waals surface area contributed by atoms with E-state index >= 15 is 0 Å². The highest BCUT2D eigenvalue weighted by molar-refractivity contribution is 6.17. The smallest absolute Gasteiger partial charge is 0.251 e. The molecule has 0 saturated carbocycles. The van der Waals surface area contributed by atoms with Crippen molar-refractivity contribution < 1.29 is 9.59 Å². The van der Waals surface area contributed by atoms with Crippen LogP contribution in [0.25, 0.3) is 0 Å². The number of aliphatic imine (C=N–C) groups is 1. The molecule has 7 nitrogen and oxygen atoms in total. The van der Waals surface area contributed by atoms with Gasteiger partial charge in [-0.1, -0.05) is 6.08 Å². The molecular weight excluding hydrogens is 306 g/mol. The van der Waals surface area contributed by atoms with Crippen molar-refractivity contribution in [2.24, 2.45) is 4.99 Å². The molecule has 1 aliphatic heterocycles. The zero-order valence-corrected chi connectivity index (χ0v) is 12.8. The number of nitrogens with one attached hydrogen (secondary N) is 2. The summed E-state index contributed by atoms with van der Waals surface area (Å²) in [5.74, 6) is -0.438. The van der Waals surface area contributed by atoms with Crippen LogP contribution in [0.1, 0.15) is 22.3 Å². The number of aromatic nitrogens is 2. The SMILES string of the molecule is C=CCNC(=O)c1ccc2c(c1)NC(=O)CC(c1ccnnc1)=N2. The summed E-state index contributed by atoms with van der Waals surface area (Å²) in [4.78, 5) is 28.7. The number of nitrogens with zero attached hydrogens (tertiary/aromatic N) is 3. The molecule has 3 rings (SSSR count). The van der Waals surface area contributed by atoms with Crippen LogP contribution in [0, 0.1) is 0 Å². The van der Waals surface area contributed by atoms with Gasteiger partial charge in [0.1, 0.15) is 0 Å². The first-order valence-electron chi connectivity index (χ1n) is 7.35. The second kappa shape index (κ2) is 6.82. The molecule has 0 fully saturated rings. The molecule has 0 atom stereocenters. The molecular formula is C17H15N5O2. The van der Waals surface area contributed by atoms with Gasteiger partial charge >= 0.3 is 0 Å². The summed E-state index contributed by atoms with van der Waals surface area (Å²) in [7, 11) is 0. The van der Waals surface area contributed by atoms with Crippen molar-refractivity contribution >= 4 is 28.9 Å². The van der Waals surface area contributed by atoms with Crippen LogP contribution < -0.4 is 10.6 Å². The quantitative estimate of drug-likeness (QED) is 0.840. The third kappa shape index (κ3) is 3.35. The lowest BCUT2D eigenvalue weighted by molar-refractivity contribution is -0.115. The zero-order valence-electron chi connectivity index (χ0n) is 12.8. The Morgan fingerprint density at radius 1 is 1.33 bits per heavy atom. The lowest BCUT2D eigenvalue weighted by Gasteiger charge is -2.08. The fourth-order valence-electron chi connectivity index (χ4n) is 2.30. The third-order valence-electron chi connectivity index (χ3n) is 3.44. The molecule has 2 amide bonds. The van der Waals surface area contributed by atoms with E-state index in [-0.39, 0.29) is 18.2 Å². The number of anilines is 1. The van der Waals surface area contributed by atoms with Gasteiger partial charge in [-0.15, -0.1) is 6.58 Å². The number of benzene rings is 1. The van der Waals surface area contributed by atoms with Crippen molar-refractivity contribution in [2.45, 2.75) is 6.42 Å². The van der Waals surface area contributed by atoms with E-state index in [2.05, 4.69) is 32.4 Å². The van der Waals surface area contributed by atoms with Gasteiger partial charge in [0, 0.05) is 17.7 Å². The number of amides is 2. The summed E-state index contributed by atoms with van der Waals surface area (Å²) in [5, 5.41) is 13.0. The Labute approximate surface area is 138 Å². The second-order valence-corrected chi connectivity index (χ2v) is 5.15. The van der Waals surface area contributed by atoms with Gasteiger partial charge in [-0.25, -0.2) is 0 Å². The third-order valence-corrected chi connectivity index (χ3v) is 3.44. The summed E-state index contributed by atoms with van der Waals surface area (Å²) in [6, 6.07) is 6.74. The maximum absolute atomic E-state index is 12.1. The summed E-state index contributed by atoms with van der Waals surface area (Å²) < 4.78 is 0. The highest BCUT2D eigenvalue weighted by Crippen LogP contribution is 2.30. The first-order chi connectivity index (χ1) is 11.7. The average Bonchev–Trinajstić information content (AvgIpc) is 2.77. The Morgan fingerprint density at radius 3 is 2.96 bits per heavy atom. The summed E-state index contributed by atoms with van der Waals surface area (Å²) in [6.45, 7) is 3.93. The van der Waals surface area contributed by atoms with Crippen molar-refractivity contribution in [1.29, 1.82) is 0 Å². The van der Waals surface area contributed by atoms with Gasteiger partial charge in [0.15, 0.2) is 0 Å². The minimum absolute atomic E-state index is 0.123. The van der Waals surface area contributed by atoms with Crippen LogP contribution in [-0.4, -0.2) is 34.3 Å². The number of rotatable bonds is 4. The highest BCUT2D eigenvalue weighted by atomic mass is 16.2. The maximum atomic E-state index is 12.1. The summed E-state index contributed by atoms with van der Waals surface area (Å²) in [6.07, 6.45) is 4.84. The minimum Gasteiger partial charge on any atom is -0.349 e. The number of hydrogen-bond acceptors (Lipinski definition) is 5. The minimum atomic E-state index is -0.237. The topological polar surface area (TPSA) is 96.3 Å². The van der Waals surface area contributed by atoms with E-state index in [1.165, 1.54) is 0 Å². The van der Waals surface area contributed by atoms with Crippen LogP contribution in [0.15, 0.2) is 54.3 Å². The van der Waals surface area contributed by atoms with Gasteiger partial charge in [0.05, 0.1) is 35.9 Å². The van der Waals surface area contributed by atoms with E-state index < -0.39 is 0 Å². The standard InChI is InChI=1S/C17H15N5O2/c1-2-6-18-17(24)11-3-4-13-15(8-11)22-16(23)9-14(21-13)12-5-7-19-20-10-12/h2-5,7-8,10H,1,6,9H2,(H,18,24)(H,22,23). The molecule has 0 spiro atoms. The van der Waals surface area contributed by atoms with E-state index in [0.29, 0.717) is 29.2 Å². The Hall–Kier alpha value is -3.35. The van der Waals surface area contributed by atoms with Crippen LogP contribution in [-0.2, 0) is 4.79 Å². The molecule has 1 aromatic carbocycles. The van der Waals surface area contributed by atoms with Gasteiger partial charge in [0.2, 0.25) is 5.91 Å². The lowest BCUT2D eigenvalue weighted by Crippen LogP contribution is -2.23. The largest absolute Gasteiger partial charge is 0.349 e. The van der Waals surface area contributed by atoms with Crippen molar-refractivity contribution in [3.05, 3.63) is 60.4 Å². The van der Waals surface area contributed by atoms with Crippen molar-refractivity contribution in [2.75, 3.05) is 11.9 Å². The molecule has 0 aliphatic carbocycles. The molecule has 1 aliphatic rings. The first kappa shape index (κ1) is 15.5. The van der Waals surface area contributed by atoms with Crippen LogP contribution in [0.3, 0.4) is 0 Å². The molecule has 24 heavy (non-hydrogen) atoms. The number of hydrogen-bond donors (Lipinski definition) is 2. The van der Waals surface area contributed by atoms with Gasteiger partial charge in [0.25, 0.3) is 5.91 Å². The van der Waals surface area contributed by atoms with Crippen LogP contribution in [0.5, 0.6) is 0 Å². The molecule has 0 radical (unpaired) electrons. The van der Waals surface area contributed by atoms with E-state index in [1.54, 1.807) is 42.7 Å². The summed E-state index contributed by atoms with van der Waals surface area (Å²) >= 11 is 0. The number of carbonyl (C=O) groups is 2. The van der Waals surface area contributed by atoms with Gasteiger partial charge < -0.3 is 10.6 Å². The molecule has 0 saturated heterocycles. The van der Waals surface area contributed by atoms with Gasteiger partial charge in [-0.2, -0.15) is 10.2 Å². The lowest BCUT2D eigenvalue weighted by atomic mass is 10.1. The number of fused-ring (bicyclic) bond motifs is 1. The van der Waals surface area contributed by atoms with Gasteiger partial charge in [-0.3, -0.25) is 14.6 Å². The van der Waals surface area contributed by atoms with Crippen LogP contribution in [0.4, 0.5) is 11.4 Å². The predicted octanol–water partition coefficient (Wildman–Crippen LogP) is 1.86. The molecule has 7 heteroatoms. The molecule has 0 bridgehead atoms. The molecule has 120 valence electrons. The van der Waals surface area contributed by atoms with E-state index in [0.717, 1.165) is 5.56 Å². The molecule has 0 unspecified atom stereocenters. The molecule has 1 aromatic heterocycles. The van der Waals surface area contributed by atoms with E-state index in [4.69, 9.17) is 0 Å². The van der Waals surface area contributed by atoms with Crippen molar-refractivity contribution in [1.82, 2.24) is 15.5 Å². The monoisotopic (exact) mass is 321 g/mol. The highest BCUT2D eigenvalue weighted by Gasteiger charge is 2.18. The Balaban J connectivity index is 1.96. The normalized spacial score (nSPS) is 13.2. The predicted molar refractivity (Wildman–Crippen MR) is 90.4 cm³/mol. The van der Waals surface area contributed by atoms with Gasteiger partial charge in [-0.05, 0) is 24.3 Å². The van der Waals surface area contributed by atoms with Crippen LogP contribution in [0.2, 0.25) is 0 Å². The number of carbonyl (C=O) groups excluding carboxylic acids is 2. The molecule has 2 heterocycles. The van der Waals surface area contributed by atoms with E-state index in [9.17, 15) is 9.59 Å². The Kier molecular flexibility index (Phi) is 4.42. The maximum Gasteiger partial charge on any atom is 0.251 e. The van der Waals surface area contributed by atoms with Crippen LogP contribution >= 0.6 is 0 Å². The Bertz CT molecular complexity index is 830. The summed E-state index contributed by atoms with van der Waals surface area (Å²) in [5.41, 5.74) is 2.88. The Morgan fingerprint density at radius 2 is 2.21 bits per heavy atom. The zero-order chi connectivity index (χ0) is 16.9. The average molecular weight is 321 g/mol. The second-order valence-electron chi connectivity index (χ2n) is 5.15. The molecule has 2 N–H and O–H groups in total. The van der Waals surface area contributed by atoms with E-state index in [1.807, 2.05) is 0 Å². The van der Waals surface area contributed by atoms with Crippen molar-refractivity contribution in [3.63, 3.8) is 0 Å². The fourth-order valence-corrected chi connectivity index (χ4v) is 2.30. The molecule has 2 aromatic rings. The van der Waals surface area contributed by atoms with Crippen molar-refractivity contribution in [3.8, 4) is 0 Å².